The third-order valence-electron chi connectivity index (χ3n) is 6.93. The minimum Gasteiger partial charge on any atom is -0.459 e. The number of ether oxygens (including phenoxy) is 1. The topological polar surface area (TPSA) is 87.0 Å². The first-order chi connectivity index (χ1) is 9.52. The molecular weight excluding hydrogens is 260 g/mol. The molecule has 3 N–H and O–H groups in total. The van der Waals surface area contributed by atoms with Crippen molar-refractivity contribution < 1.29 is 24.9 Å². The number of hydrogen-bond donors (Lipinski definition) is 3. The zero-order valence-electron chi connectivity index (χ0n) is 11.7. The normalized spacial score (nSPS) is 57.0. The quantitative estimate of drug-likeness (QED) is 0.631. The molecule has 0 aromatic rings. The lowest BCUT2D eigenvalue weighted by atomic mass is 9.60. The lowest BCUT2D eigenvalue weighted by Gasteiger charge is -2.43. The molecule has 1 saturated heterocycles. The fourth-order valence-electron chi connectivity index (χ4n) is 5.92. The Labute approximate surface area is 117 Å². The Balaban J connectivity index is 1.76. The van der Waals surface area contributed by atoms with Crippen molar-refractivity contribution in [3.8, 4) is 0 Å². The Morgan fingerprint density at radius 3 is 2.80 bits per heavy atom. The molecule has 3 aliphatic carbocycles. The van der Waals surface area contributed by atoms with Gasteiger partial charge in [-0.05, 0) is 31.1 Å². The second kappa shape index (κ2) is 3.76. The molecule has 0 aromatic heterocycles. The Bertz CT molecular complexity index is 465. The fraction of sp³-hybridized carbons (Fsp3) is 0.933. The Kier molecular flexibility index (Phi) is 2.45. The Morgan fingerprint density at radius 1 is 1.45 bits per heavy atom. The molecule has 5 heteroatoms. The van der Waals surface area contributed by atoms with Crippen molar-refractivity contribution in [1.29, 1.82) is 0 Å². The van der Waals surface area contributed by atoms with E-state index in [2.05, 4.69) is 0 Å². The molecule has 4 rings (SSSR count). The summed E-state index contributed by atoms with van der Waals surface area (Å²) in [6.07, 6.45) is 1.38. The highest BCUT2D eigenvalue weighted by Crippen LogP contribution is 2.81. The van der Waals surface area contributed by atoms with Crippen molar-refractivity contribution in [2.24, 2.45) is 34.5 Å². The van der Waals surface area contributed by atoms with E-state index in [1.54, 1.807) is 0 Å². The number of esters is 1. The van der Waals surface area contributed by atoms with E-state index in [1.165, 1.54) is 0 Å². The average Bonchev–Trinajstić information content (AvgIpc) is 2.87. The van der Waals surface area contributed by atoms with Crippen LogP contribution >= 0.6 is 0 Å². The van der Waals surface area contributed by atoms with Gasteiger partial charge in [0.1, 0.15) is 6.10 Å². The van der Waals surface area contributed by atoms with Gasteiger partial charge in [0, 0.05) is 30.0 Å². The smallest absolute Gasteiger partial charge is 0.310 e. The molecule has 2 bridgehead atoms. The minimum atomic E-state index is -0.691. The second-order valence-corrected chi connectivity index (χ2v) is 7.41. The number of rotatable bonds is 3. The summed E-state index contributed by atoms with van der Waals surface area (Å²) in [6, 6.07) is 0. The average molecular weight is 282 g/mol. The van der Waals surface area contributed by atoms with Gasteiger partial charge in [-0.15, -0.1) is 0 Å². The fourth-order valence-corrected chi connectivity index (χ4v) is 5.92. The predicted octanol–water partition coefficient (Wildman–Crippen LogP) is -0.0741. The summed E-state index contributed by atoms with van der Waals surface area (Å²) in [7, 11) is 0. The van der Waals surface area contributed by atoms with Gasteiger partial charge in [-0.1, -0.05) is 6.92 Å². The lowest BCUT2D eigenvalue weighted by molar-refractivity contribution is -0.147. The molecule has 4 fully saturated rings. The van der Waals surface area contributed by atoms with Gasteiger partial charge in [-0.25, -0.2) is 0 Å². The number of aliphatic hydroxyl groups excluding tert-OH is 3. The third kappa shape index (κ3) is 1.16. The SMILES string of the molecule is CC(CO)C1C2OC(=O)C1C1CCC3(CO)CC13C2O. The molecule has 5 nitrogen and oxygen atoms in total. The van der Waals surface area contributed by atoms with E-state index in [0.29, 0.717) is 0 Å². The lowest BCUT2D eigenvalue weighted by Crippen LogP contribution is -2.52. The van der Waals surface area contributed by atoms with Crippen molar-refractivity contribution in [2.45, 2.75) is 38.4 Å². The molecule has 1 aliphatic heterocycles. The van der Waals surface area contributed by atoms with Crippen molar-refractivity contribution >= 4 is 5.97 Å². The molecule has 0 radical (unpaired) electrons. The number of hydrogen-bond acceptors (Lipinski definition) is 5. The Hall–Kier alpha value is -0.650. The maximum Gasteiger partial charge on any atom is 0.310 e. The number of aliphatic hydroxyl groups is 3. The van der Waals surface area contributed by atoms with Crippen LogP contribution in [0.5, 0.6) is 0 Å². The summed E-state index contributed by atoms with van der Waals surface area (Å²) in [5.41, 5.74) is -0.496. The van der Waals surface area contributed by atoms with Gasteiger partial charge in [-0.3, -0.25) is 4.79 Å². The van der Waals surface area contributed by atoms with Crippen molar-refractivity contribution in [1.82, 2.24) is 0 Å². The van der Waals surface area contributed by atoms with Gasteiger partial charge in [0.05, 0.1) is 12.0 Å². The van der Waals surface area contributed by atoms with Crippen LogP contribution in [0.3, 0.4) is 0 Å². The van der Waals surface area contributed by atoms with Crippen LogP contribution in [0.4, 0.5) is 0 Å². The van der Waals surface area contributed by atoms with Crippen LogP contribution in [-0.2, 0) is 9.53 Å². The summed E-state index contributed by atoms with van der Waals surface area (Å²) in [4.78, 5) is 12.3. The number of fused-ring (bicyclic) bond motifs is 3. The molecular formula is C15H22O5. The van der Waals surface area contributed by atoms with Crippen molar-refractivity contribution in [2.75, 3.05) is 13.2 Å². The number of carbonyl (C=O) groups excluding carboxylic acids is 1. The molecule has 8 unspecified atom stereocenters. The summed E-state index contributed by atoms with van der Waals surface area (Å²) >= 11 is 0. The van der Waals surface area contributed by atoms with E-state index in [1.807, 2.05) is 6.92 Å². The summed E-state index contributed by atoms with van der Waals surface area (Å²) in [6.45, 7) is 2.01. The summed E-state index contributed by atoms with van der Waals surface area (Å²) in [5.74, 6) is -0.446. The van der Waals surface area contributed by atoms with E-state index in [4.69, 9.17) is 4.74 Å². The van der Waals surface area contributed by atoms with Gasteiger partial charge in [-0.2, -0.15) is 0 Å². The molecule has 4 aliphatic rings. The zero-order valence-corrected chi connectivity index (χ0v) is 11.7. The first kappa shape index (κ1) is 13.0. The highest BCUT2D eigenvalue weighted by Gasteiger charge is 2.83. The predicted molar refractivity (Wildman–Crippen MR) is 68.4 cm³/mol. The van der Waals surface area contributed by atoms with E-state index >= 15 is 0 Å². The standard InChI is InChI=1S/C15H22O5/c1-7(4-16)9-10-8-2-3-14(6-17)5-15(8,14)12(18)11(9)20-13(10)19/h7-12,16-18H,2-6H2,1H3. The second-order valence-electron chi connectivity index (χ2n) is 7.41. The first-order valence-corrected chi connectivity index (χ1v) is 7.63. The molecule has 8 atom stereocenters. The van der Waals surface area contributed by atoms with Crippen molar-refractivity contribution in [3.05, 3.63) is 0 Å². The molecule has 112 valence electrons. The molecule has 1 spiro atoms. The molecule has 0 amide bonds. The monoisotopic (exact) mass is 282 g/mol. The molecule has 20 heavy (non-hydrogen) atoms. The van der Waals surface area contributed by atoms with E-state index in [-0.39, 0.29) is 53.7 Å². The molecule has 3 saturated carbocycles. The number of carbonyl (C=O) groups is 1. The zero-order chi connectivity index (χ0) is 14.3. The summed E-state index contributed by atoms with van der Waals surface area (Å²) < 4.78 is 5.47. The van der Waals surface area contributed by atoms with Crippen LogP contribution in [0.1, 0.15) is 26.2 Å². The highest BCUT2D eigenvalue weighted by molar-refractivity contribution is 5.77. The van der Waals surface area contributed by atoms with Crippen LogP contribution in [0.2, 0.25) is 0 Å². The van der Waals surface area contributed by atoms with E-state index in [0.717, 1.165) is 19.3 Å². The van der Waals surface area contributed by atoms with Gasteiger partial charge in [0.25, 0.3) is 0 Å². The third-order valence-corrected chi connectivity index (χ3v) is 6.93. The van der Waals surface area contributed by atoms with Crippen molar-refractivity contribution in [3.63, 3.8) is 0 Å². The van der Waals surface area contributed by atoms with Crippen LogP contribution in [-0.4, -0.2) is 46.7 Å². The van der Waals surface area contributed by atoms with Gasteiger partial charge < -0.3 is 20.1 Å². The molecule has 0 aromatic carbocycles. The van der Waals surface area contributed by atoms with Crippen LogP contribution in [0.25, 0.3) is 0 Å². The molecule has 1 heterocycles. The van der Waals surface area contributed by atoms with Gasteiger partial charge >= 0.3 is 5.97 Å². The summed E-state index contributed by atoms with van der Waals surface area (Å²) in [5, 5.41) is 30.0. The maximum absolute atomic E-state index is 12.3. The van der Waals surface area contributed by atoms with E-state index in [9.17, 15) is 20.1 Å². The van der Waals surface area contributed by atoms with Crippen LogP contribution in [0, 0.1) is 34.5 Å². The maximum atomic E-state index is 12.3. The van der Waals surface area contributed by atoms with Gasteiger partial charge in [0.15, 0.2) is 0 Å². The van der Waals surface area contributed by atoms with Crippen LogP contribution in [0.15, 0.2) is 0 Å². The van der Waals surface area contributed by atoms with Crippen LogP contribution < -0.4 is 0 Å². The largest absolute Gasteiger partial charge is 0.459 e. The van der Waals surface area contributed by atoms with E-state index < -0.39 is 12.2 Å². The highest BCUT2D eigenvalue weighted by atomic mass is 16.6. The Morgan fingerprint density at radius 2 is 2.20 bits per heavy atom. The first-order valence-electron chi connectivity index (χ1n) is 7.63. The minimum absolute atomic E-state index is 0.00584. The van der Waals surface area contributed by atoms with Gasteiger partial charge in [0.2, 0.25) is 0 Å².